The van der Waals surface area contributed by atoms with E-state index in [1.165, 1.54) is 5.32 Å². The van der Waals surface area contributed by atoms with Crippen molar-refractivity contribution in [1.29, 1.82) is 0 Å². The topological polar surface area (TPSA) is 17.3 Å². The first kappa shape index (κ1) is 8.50. The van der Waals surface area contributed by atoms with Crippen LogP contribution in [0.25, 0.3) is 5.65 Å². The zero-order valence-corrected chi connectivity index (χ0v) is 9.28. The number of fused-ring (bicyclic) bond motifs is 1. The lowest BCUT2D eigenvalue weighted by atomic mass is 10.5. The Labute approximate surface area is 79.2 Å². The number of aromatic nitrogens is 2. The van der Waals surface area contributed by atoms with Gasteiger partial charge in [-0.3, -0.25) is 0 Å². The van der Waals surface area contributed by atoms with E-state index in [9.17, 15) is 0 Å². The van der Waals surface area contributed by atoms with Crippen molar-refractivity contribution in [2.75, 3.05) is 0 Å². The van der Waals surface area contributed by atoms with E-state index in [0.29, 0.717) is 0 Å². The molecule has 0 bridgehead atoms. The summed E-state index contributed by atoms with van der Waals surface area (Å²) in [7, 11) is -1.24. The van der Waals surface area contributed by atoms with Gasteiger partial charge in [0.15, 0.2) is 0 Å². The van der Waals surface area contributed by atoms with Gasteiger partial charge in [0.2, 0.25) is 0 Å². The third-order valence-corrected chi connectivity index (χ3v) is 4.14. The van der Waals surface area contributed by atoms with Gasteiger partial charge in [0.25, 0.3) is 0 Å². The predicted octanol–water partition coefficient (Wildman–Crippen LogP) is 1.88. The number of imidazole rings is 1. The van der Waals surface area contributed by atoms with Gasteiger partial charge < -0.3 is 4.40 Å². The van der Waals surface area contributed by atoms with Crippen LogP contribution in [0.4, 0.5) is 0 Å². The summed E-state index contributed by atoms with van der Waals surface area (Å²) in [4.78, 5) is 4.28. The van der Waals surface area contributed by atoms with E-state index < -0.39 is 8.07 Å². The molecule has 0 radical (unpaired) electrons. The first-order valence-corrected chi connectivity index (χ1v) is 8.01. The molecule has 2 nitrogen and oxygen atoms in total. The van der Waals surface area contributed by atoms with Crippen LogP contribution in [0.3, 0.4) is 0 Å². The molecular weight excluding hydrogens is 176 g/mol. The molecule has 68 valence electrons. The lowest BCUT2D eigenvalue weighted by molar-refractivity contribution is 1.22. The van der Waals surface area contributed by atoms with Crippen molar-refractivity contribution in [3.8, 4) is 0 Å². The van der Waals surface area contributed by atoms with E-state index in [0.717, 1.165) is 5.65 Å². The van der Waals surface area contributed by atoms with Gasteiger partial charge in [-0.05, 0) is 12.1 Å². The van der Waals surface area contributed by atoms with Crippen LogP contribution in [0.5, 0.6) is 0 Å². The van der Waals surface area contributed by atoms with Gasteiger partial charge in [-0.15, -0.1) is 0 Å². The van der Waals surface area contributed by atoms with Gasteiger partial charge in [-0.2, -0.15) is 0 Å². The Kier molecular flexibility index (Phi) is 1.77. The van der Waals surface area contributed by atoms with E-state index in [1.54, 1.807) is 0 Å². The standard InChI is InChI=1S/C10H14N2Si/c1-13(2,3)10-6-4-5-9-11-7-8-12(9)10/h4-8H,1-3H3. The lowest BCUT2D eigenvalue weighted by Crippen LogP contribution is -2.41. The second-order valence-electron chi connectivity index (χ2n) is 4.32. The molecule has 0 aliphatic heterocycles. The van der Waals surface area contributed by atoms with Gasteiger partial charge in [0.1, 0.15) is 5.65 Å². The Bertz CT molecular complexity index is 426. The molecular formula is C10H14N2Si. The molecule has 0 aliphatic carbocycles. The van der Waals surface area contributed by atoms with Crippen molar-refractivity contribution >= 4 is 19.0 Å². The Morgan fingerprint density at radius 1 is 1.23 bits per heavy atom. The van der Waals surface area contributed by atoms with Crippen molar-refractivity contribution < 1.29 is 0 Å². The summed E-state index contributed by atoms with van der Waals surface area (Å²) in [6.45, 7) is 7.05. The zero-order chi connectivity index (χ0) is 9.47. The van der Waals surface area contributed by atoms with E-state index in [2.05, 4.69) is 41.2 Å². The molecule has 0 fully saturated rings. The van der Waals surface area contributed by atoms with Crippen LogP contribution in [0.1, 0.15) is 0 Å². The second kappa shape index (κ2) is 2.70. The van der Waals surface area contributed by atoms with Crippen LogP contribution in [-0.2, 0) is 0 Å². The molecule has 0 saturated carbocycles. The summed E-state index contributed by atoms with van der Waals surface area (Å²) in [6, 6.07) is 6.35. The van der Waals surface area contributed by atoms with Crippen molar-refractivity contribution in [1.82, 2.24) is 9.38 Å². The van der Waals surface area contributed by atoms with Crippen molar-refractivity contribution in [3.63, 3.8) is 0 Å². The Morgan fingerprint density at radius 3 is 2.69 bits per heavy atom. The summed E-state index contributed by atoms with van der Waals surface area (Å²) in [5, 5.41) is 1.43. The summed E-state index contributed by atoms with van der Waals surface area (Å²) in [5.41, 5.74) is 1.06. The third kappa shape index (κ3) is 1.39. The molecule has 3 heteroatoms. The number of rotatable bonds is 1. The molecule has 0 atom stereocenters. The van der Waals surface area contributed by atoms with Gasteiger partial charge in [0.05, 0.1) is 8.07 Å². The molecule has 13 heavy (non-hydrogen) atoms. The summed E-state index contributed by atoms with van der Waals surface area (Å²) >= 11 is 0. The van der Waals surface area contributed by atoms with Gasteiger partial charge in [0, 0.05) is 17.7 Å². The lowest BCUT2D eigenvalue weighted by Gasteiger charge is -2.17. The minimum Gasteiger partial charge on any atom is -0.308 e. The number of nitrogens with zero attached hydrogens (tertiary/aromatic N) is 2. The molecule has 2 aromatic heterocycles. The van der Waals surface area contributed by atoms with Crippen molar-refractivity contribution in [2.24, 2.45) is 0 Å². The number of hydrogen-bond donors (Lipinski definition) is 0. The SMILES string of the molecule is C[Si](C)(C)c1cccc2nccn12. The first-order chi connectivity index (χ1) is 6.09. The van der Waals surface area contributed by atoms with Crippen molar-refractivity contribution in [3.05, 3.63) is 30.6 Å². The second-order valence-corrected chi connectivity index (χ2v) is 9.33. The number of pyridine rings is 1. The van der Waals surface area contributed by atoms with E-state index in [1.807, 2.05) is 18.5 Å². The maximum Gasteiger partial charge on any atom is 0.136 e. The largest absolute Gasteiger partial charge is 0.308 e. The first-order valence-electron chi connectivity index (χ1n) is 4.51. The zero-order valence-electron chi connectivity index (χ0n) is 8.28. The summed E-state index contributed by atoms with van der Waals surface area (Å²) < 4.78 is 2.20. The quantitative estimate of drug-likeness (QED) is 0.628. The van der Waals surface area contributed by atoms with Crippen LogP contribution in [0.15, 0.2) is 30.6 Å². The van der Waals surface area contributed by atoms with Gasteiger partial charge in [-0.25, -0.2) is 4.98 Å². The maximum atomic E-state index is 4.28. The van der Waals surface area contributed by atoms with Crippen LogP contribution in [0.2, 0.25) is 19.6 Å². The Hall–Kier alpha value is -1.09. The monoisotopic (exact) mass is 190 g/mol. The smallest absolute Gasteiger partial charge is 0.136 e. The maximum absolute atomic E-state index is 4.28. The molecule has 0 aromatic carbocycles. The average Bonchev–Trinajstić information content (AvgIpc) is 2.48. The van der Waals surface area contributed by atoms with Crippen LogP contribution < -0.4 is 5.32 Å². The number of hydrogen-bond acceptors (Lipinski definition) is 1. The molecule has 0 unspecified atom stereocenters. The Morgan fingerprint density at radius 2 is 2.00 bits per heavy atom. The molecule has 2 rings (SSSR count). The molecule has 0 aliphatic rings. The normalized spacial score (nSPS) is 12.2. The van der Waals surface area contributed by atoms with Gasteiger partial charge in [-0.1, -0.05) is 25.7 Å². The summed E-state index contributed by atoms with van der Waals surface area (Å²) in [6.07, 6.45) is 3.90. The fourth-order valence-corrected chi connectivity index (χ4v) is 3.07. The fourth-order valence-electron chi connectivity index (χ4n) is 1.56. The molecule has 0 saturated heterocycles. The molecule has 0 N–H and O–H groups in total. The molecule has 2 heterocycles. The molecule has 0 spiro atoms. The Balaban J connectivity index is 2.75. The third-order valence-electron chi connectivity index (χ3n) is 2.20. The van der Waals surface area contributed by atoms with Gasteiger partial charge >= 0.3 is 0 Å². The van der Waals surface area contributed by atoms with E-state index in [4.69, 9.17) is 0 Å². The fraction of sp³-hybridized carbons (Fsp3) is 0.300. The van der Waals surface area contributed by atoms with Crippen LogP contribution >= 0.6 is 0 Å². The van der Waals surface area contributed by atoms with E-state index in [-0.39, 0.29) is 0 Å². The summed E-state index contributed by atoms with van der Waals surface area (Å²) in [5.74, 6) is 0. The van der Waals surface area contributed by atoms with E-state index >= 15 is 0 Å². The molecule has 2 aromatic rings. The highest BCUT2D eigenvalue weighted by Gasteiger charge is 2.18. The highest BCUT2D eigenvalue weighted by atomic mass is 28.3. The highest BCUT2D eigenvalue weighted by molar-refractivity contribution is 6.88. The van der Waals surface area contributed by atoms with Crippen LogP contribution in [0, 0.1) is 0 Å². The minimum absolute atomic E-state index is 1.06. The van der Waals surface area contributed by atoms with Crippen LogP contribution in [-0.4, -0.2) is 17.5 Å². The predicted molar refractivity (Wildman–Crippen MR) is 58.2 cm³/mol. The van der Waals surface area contributed by atoms with Crippen molar-refractivity contribution in [2.45, 2.75) is 19.6 Å². The highest BCUT2D eigenvalue weighted by Crippen LogP contribution is 2.05. The average molecular weight is 190 g/mol. The molecule has 0 amide bonds. The minimum atomic E-state index is -1.24.